The van der Waals surface area contributed by atoms with Crippen molar-refractivity contribution < 1.29 is 14.3 Å². The molecule has 0 aromatic rings. The highest BCUT2D eigenvalue weighted by atomic mass is 16.6. The molecule has 0 bridgehead atoms. The smallest absolute Gasteiger partial charge is 0.335 e. The monoisotopic (exact) mass is 400 g/mol. The highest BCUT2D eigenvalue weighted by molar-refractivity contribution is 5.74. The van der Waals surface area contributed by atoms with Crippen molar-refractivity contribution in [3.63, 3.8) is 0 Å². The summed E-state index contributed by atoms with van der Waals surface area (Å²) in [4.78, 5) is 11.7. The number of esters is 1. The predicted molar refractivity (Wildman–Crippen MR) is 125 cm³/mol. The normalized spacial score (nSPS) is 13.9. The maximum atomic E-state index is 11.7. The van der Waals surface area contributed by atoms with Crippen molar-refractivity contribution in [1.29, 1.82) is 0 Å². The van der Waals surface area contributed by atoms with Gasteiger partial charge >= 0.3 is 5.97 Å². The molecule has 0 amide bonds. The maximum Gasteiger partial charge on any atom is 0.335 e. The molecular formula is C26H40O3. The van der Waals surface area contributed by atoms with Crippen LogP contribution in [0.2, 0.25) is 0 Å². The summed E-state index contributed by atoms with van der Waals surface area (Å²) >= 11 is 0. The van der Waals surface area contributed by atoms with Crippen molar-refractivity contribution in [2.75, 3.05) is 13.2 Å². The molecule has 0 saturated heterocycles. The minimum absolute atomic E-state index is 0.283. The molecule has 0 fully saturated rings. The standard InChI is InChI=1S/C26H40O3/c1-4-7-8-9-10-11-12-13-14-15-16-17-18-19-20-21-22-23-24-25(28-5-2)26(27)29-6-3/h7-8,10-11,13-14,16-17,19-20,22-23,25H,4-6,9,12,15,18,21,24H2,1-3H3/b8-7-,11-10-,14-13-,17-16-,20-19-,23-22-. The van der Waals surface area contributed by atoms with Gasteiger partial charge in [-0.05, 0) is 52.4 Å². The zero-order chi connectivity index (χ0) is 21.4. The Kier molecular flexibility index (Phi) is 20.5. The quantitative estimate of drug-likeness (QED) is 0.194. The van der Waals surface area contributed by atoms with Crippen molar-refractivity contribution in [3.05, 3.63) is 72.9 Å². The molecule has 0 aromatic heterocycles. The number of allylic oxidation sites excluding steroid dienone is 11. The fourth-order valence-corrected chi connectivity index (χ4v) is 2.41. The van der Waals surface area contributed by atoms with Gasteiger partial charge in [0.15, 0.2) is 6.10 Å². The molecule has 0 rings (SSSR count). The Morgan fingerprint density at radius 1 is 0.621 bits per heavy atom. The van der Waals surface area contributed by atoms with Gasteiger partial charge in [0, 0.05) is 13.0 Å². The first-order valence-electron chi connectivity index (χ1n) is 10.9. The highest BCUT2D eigenvalue weighted by Crippen LogP contribution is 2.04. The van der Waals surface area contributed by atoms with Gasteiger partial charge in [0.25, 0.3) is 0 Å². The largest absolute Gasteiger partial charge is 0.464 e. The number of carbonyl (C=O) groups is 1. The van der Waals surface area contributed by atoms with E-state index in [9.17, 15) is 4.79 Å². The summed E-state index contributed by atoms with van der Waals surface area (Å²) in [6.07, 6.45) is 31.9. The lowest BCUT2D eigenvalue weighted by atomic mass is 10.2. The molecule has 0 spiro atoms. The zero-order valence-corrected chi connectivity index (χ0v) is 18.6. The average molecular weight is 401 g/mol. The summed E-state index contributed by atoms with van der Waals surface area (Å²) in [5, 5.41) is 0. The van der Waals surface area contributed by atoms with Gasteiger partial charge < -0.3 is 9.47 Å². The van der Waals surface area contributed by atoms with E-state index in [1.54, 1.807) is 6.92 Å². The third kappa shape index (κ3) is 19.0. The van der Waals surface area contributed by atoms with E-state index in [1.807, 2.05) is 13.0 Å². The fraction of sp³-hybridized carbons (Fsp3) is 0.500. The topological polar surface area (TPSA) is 35.5 Å². The highest BCUT2D eigenvalue weighted by Gasteiger charge is 2.17. The van der Waals surface area contributed by atoms with Crippen molar-refractivity contribution >= 4 is 5.97 Å². The van der Waals surface area contributed by atoms with Crippen LogP contribution in [0.1, 0.15) is 65.7 Å². The van der Waals surface area contributed by atoms with Crippen LogP contribution in [0, 0.1) is 0 Å². The minimum Gasteiger partial charge on any atom is -0.464 e. The maximum absolute atomic E-state index is 11.7. The summed E-state index contributed by atoms with van der Waals surface area (Å²) in [5.41, 5.74) is 0. The number of hydrogen-bond donors (Lipinski definition) is 0. The minimum atomic E-state index is -0.496. The Balaban J connectivity index is 3.81. The fourth-order valence-electron chi connectivity index (χ4n) is 2.41. The molecule has 0 radical (unpaired) electrons. The van der Waals surface area contributed by atoms with Crippen LogP contribution in [0.5, 0.6) is 0 Å². The zero-order valence-electron chi connectivity index (χ0n) is 18.6. The SMILES string of the molecule is CC/C=C\C/C=C\C/C=C\C/C=C\C/C=C\C/C=C\CC(OCC)C(=O)OCC. The van der Waals surface area contributed by atoms with Crippen LogP contribution in [0.25, 0.3) is 0 Å². The summed E-state index contributed by atoms with van der Waals surface area (Å²) in [6.45, 7) is 6.72. The summed E-state index contributed by atoms with van der Waals surface area (Å²) in [7, 11) is 0. The van der Waals surface area contributed by atoms with Crippen LogP contribution < -0.4 is 0 Å². The Morgan fingerprint density at radius 2 is 1.03 bits per heavy atom. The van der Waals surface area contributed by atoms with E-state index in [2.05, 4.69) is 73.8 Å². The molecular weight excluding hydrogens is 360 g/mol. The average Bonchev–Trinajstić information content (AvgIpc) is 2.72. The first-order chi connectivity index (χ1) is 14.3. The van der Waals surface area contributed by atoms with Gasteiger partial charge in [0.2, 0.25) is 0 Å². The molecule has 3 heteroatoms. The second-order valence-corrected chi connectivity index (χ2v) is 6.35. The Bertz CT molecular complexity index is 550. The molecule has 0 saturated carbocycles. The molecule has 0 aliphatic heterocycles. The van der Waals surface area contributed by atoms with E-state index in [4.69, 9.17) is 9.47 Å². The van der Waals surface area contributed by atoms with E-state index in [0.29, 0.717) is 19.6 Å². The van der Waals surface area contributed by atoms with Crippen LogP contribution in [-0.2, 0) is 14.3 Å². The van der Waals surface area contributed by atoms with Gasteiger partial charge in [0.05, 0.1) is 6.61 Å². The van der Waals surface area contributed by atoms with Gasteiger partial charge in [-0.3, -0.25) is 0 Å². The van der Waals surface area contributed by atoms with Crippen molar-refractivity contribution in [2.24, 2.45) is 0 Å². The number of rotatable bonds is 17. The van der Waals surface area contributed by atoms with Gasteiger partial charge in [-0.15, -0.1) is 0 Å². The van der Waals surface area contributed by atoms with Crippen molar-refractivity contribution in [2.45, 2.75) is 71.8 Å². The molecule has 29 heavy (non-hydrogen) atoms. The van der Waals surface area contributed by atoms with Crippen molar-refractivity contribution in [1.82, 2.24) is 0 Å². The van der Waals surface area contributed by atoms with Gasteiger partial charge in [0.1, 0.15) is 0 Å². The molecule has 0 aromatic carbocycles. The molecule has 162 valence electrons. The van der Waals surface area contributed by atoms with Gasteiger partial charge in [-0.1, -0.05) is 79.8 Å². The molecule has 0 aliphatic carbocycles. The van der Waals surface area contributed by atoms with Crippen LogP contribution in [0.4, 0.5) is 0 Å². The second kappa shape index (κ2) is 22.2. The van der Waals surface area contributed by atoms with E-state index < -0.39 is 6.10 Å². The molecule has 1 unspecified atom stereocenters. The van der Waals surface area contributed by atoms with Crippen LogP contribution >= 0.6 is 0 Å². The Hall–Kier alpha value is -2.13. The molecule has 1 atom stereocenters. The Morgan fingerprint density at radius 3 is 1.41 bits per heavy atom. The Labute approximate surface area is 178 Å². The van der Waals surface area contributed by atoms with Crippen LogP contribution in [-0.4, -0.2) is 25.3 Å². The molecule has 0 N–H and O–H groups in total. The second-order valence-electron chi connectivity index (χ2n) is 6.35. The first-order valence-corrected chi connectivity index (χ1v) is 10.9. The lowest BCUT2D eigenvalue weighted by Gasteiger charge is -2.13. The van der Waals surface area contributed by atoms with Gasteiger partial charge in [-0.2, -0.15) is 0 Å². The van der Waals surface area contributed by atoms with E-state index in [-0.39, 0.29) is 5.97 Å². The number of carbonyl (C=O) groups excluding carboxylic acids is 1. The lowest BCUT2D eigenvalue weighted by Crippen LogP contribution is -2.26. The van der Waals surface area contributed by atoms with Gasteiger partial charge in [-0.25, -0.2) is 4.79 Å². The third-order valence-electron chi connectivity index (χ3n) is 3.86. The van der Waals surface area contributed by atoms with Crippen LogP contribution in [0.15, 0.2) is 72.9 Å². The molecule has 0 heterocycles. The molecule has 3 nitrogen and oxygen atoms in total. The summed E-state index contributed by atoms with van der Waals surface area (Å²) < 4.78 is 10.4. The summed E-state index contributed by atoms with van der Waals surface area (Å²) in [6, 6.07) is 0. The van der Waals surface area contributed by atoms with E-state index in [1.165, 1.54) is 0 Å². The summed E-state index contributed by atoms with van der Waals surface area (Å²) in [5.74, 6) is -0.283. The third-order valence-corrected chi connectivity index (χ3v) is 3.86. The van der Waals surface area contributed by atoms with E-state index in [0.717, 1.165) is 38.5 Å². The molecule has 0 aliphatic rings. The number of hydrogen-bond acceptors (Lipinski definition) is 3. The first kappa shape index (κ1) is 26.9. The van der Waals surface area contributed by atoms with Crippen molar-refractivity contribution in [3.8, 4) is 0 Å². The van der Waals surface area contributed by atoms with Crippen LogP contribution in [0.3, 0.4) is 0 Å². The number of ether oxygens (including phenoxy) is 2. The van der Waals surface area contributed by atoms with E-state index >= 15 is 0 Å². The predicted octanol–water partition coefficient (Wildman–Crippen LogP) is 7.04. The lowest BCUT2D eigenvalue weighted by molar-refractivity contribution is -0.156.